The van der Waals surface area contributed by atoms with Gasteiger partial charge in [-0.05, 0) is 37.6 Å². The summed E-state index contributed by atoms with van der Waals surface area (Å²) in [7, 11) is 0. The molecule has 0 amide bonds. The van der Waals surface area contributed by atoms with Crippen molar-refractivity contribution in [2.75, 3.05) is 0 Å². The molecule has 0 atom stereocenters. The Labute approximate surface area is 140 Å². The Bertz CT molecular complexity index is 1020. The van der Waals surface area contributed by atoms with E-state index in [9.17, 15) is 0 Å². The van der Waals surface area contributed by atoms with Crippen molar-refractivity contribution in [1.82, 2.24) is 19.9 Å². The van der Waals surface area contributed by atoms with Crippen LogP contribution in [-0.4, -0.2) is 19.9 Å². The second-order valence-corrected chi connectivity index (χ2v) is 5.75. The molecular formula is C20H16N4. The first-order valence-electron chi connectivity index (χ1n) is 7.84. The van der Waals surface area contributed by atoms with Crippen molar-refractivity contribution in [2.45, 2.75) is 13.8 Å². The SMILES string of the molecule is Cc1nc(C)nc(-c2cccc(-c3cnc4ccccc4c3)c2)n1. The average Bonchev–Trinajstić information content (AvgIpc) is 2.60. The number of aromatic nitrogens is 4. The van der Waals surface area contributed by atoms with Gasteiger partial charge in [0.25, 0.3) is 0 Å². The van der Waals surface area contributed by atoms with Gasteiger partial charge in [0, 0.05) is 22.7 Å². The molecule has 4 aromatic rings. The van der Waals surface area contributed by atoms with E-state index in [0.717, 1.165) is 39.2 Å². The highest BCUT2D eigenvalue weighted by Gasteiger charge is 2.07. The highest BCUT2D eigenvalue weighted by molar-refractivity contribution is 5.84. The summed E-state index contributed by atoms with van der Waals surface area (Å²) in [6, 6.07) is 18.5. The molecule has 0 N–H and O–H groups in total. The molecule has 0 unspecified atom stereocenters. The van der Waals surface area contributed by atoms with Crippen LogP contribution in [0.25, 0.3) is 33.4 Å². The molecule has 4 nitrogen and oxygen atoms in total. The second-order valence-electron chi connectivity index (χ2n) is 5.75. The summed E-state index contributed by atoms with van der Waals surface area (Å²) in [5, 5.41) is 1.13. The van der Waals surface area contributed by atoms with Gasteiger partial charge in [0.05, 0.1) is 5.52 Å². The summed E-state index contributed by atoms with van der Waals surface area (Å²) in [5.74, 6) is 2.17. The Balaban J connectivity index is 1.81. The largest absolute Gasteiger partial charge is 0.256 e. The van der Waals surface area contributed by atoms with Crippen LogP contribution >= 0.6 is 0 Å². The molecule has 0 radical (unpaired) electrons. The number of hydrogen-bond donors (Lipinski definition) is 0. The van der Waals surface area contributed by atoms with Gasteiger partial charge in [-0.1, -0.05) is 36.4 Å². The minimum absolute atomic E-state index is 0.704. The Kier molecular flexibility index (Phi) is 3.50. The molecular weight excluding hydrogens is 296 g/mol. The highest BCUT2D eigenvalue weighted by atomic mass is 15.0. The standard InChI is InChI=1S/C20H16N4/c1-13-22-14(2)24-20(23-13)17-8-5-7-15(10-17)18-11-16-6-3-4-9-19(16)21-12-18/h3-12H,1-2H3. The van der Waals surface area contributed by atoms with Gasteiger partial charge in [-0.2, -0.15) is 0 Å². The Morgan fingerprint density at radius 1 is 0.667 bits per heavy atom. The molecule has 2 aromatic carbocycles. The van der Waals surface area contributed by atoms with Crippen LogP contribution < -0.4 is 0 Å². The van der Waals surface area contributed by atoms with Gasteiger partial charge in [0.1, 0.15) is 11.6 Å². The number of para-hydroxylation sites is 1. The normalized spacial score (nSPS) is 10.9. The summed E-state index contributed by atoms with van der Waals surface area (Å²) < 4.78 is 0. The maximum Gasteiger partial charge on any atom is 0.163 e. The van der Waals surface area contributed by atoms with E-state index >= 15 is 0 Å². The fourth-order valence-electron chi connectivity index (χ4n) is 2.81. The van der Waals surface area contributed by atoms with Gasteiger partial charge >= 0.3 is 0 Å². The number of fused-ring (bicyclic) bond motifs is 1. The molecule has 4 heteroatoms. The van der Waals surface area contributed by atoms with Gasteiger partial charge in [-0.25, -0.2) is 15.0 Å². The molecule has 116 valence electrons. The van der Waals surface area contributed by atoms with Crippen LogP contribution in [0.4, 0.5) is 0 Å². The smallest absolute Gasteiger partial charge is 0.163 e. The number of hydrogen-bond acceptors (Lipinski definition) is 4. The van der Waals surface area contributed by atoms with Gasteiger partial charge in [0.15, 0.2) is 5.82 Å². The van der Waals surface area contributed by atoms with Crippen LogP contribution in [0, 0.1) is 13.8 Å². The first-order chi connectivity index (χ1) is 11.7. The summed E-state index contributed by atoms with van der Waals surface area (Å²) in [6.45, 7) is 3.77. The molecule has 0 saturated carbocycles. The number of pyridine rings is 1. The van der Waals surface area contributed by atoms with Gasteiger partial charge < -0.3 is 0 Å². The van der Waals surface area contributed by atoms with Crippen LogP contribution in [-0.2, 0) is 0 Å². The molecule has 4 rings (SSSR count). The van der Waals surface area contributed by atoms with E-state index in [0.29, 0.717) is 5.82 Å². The molecule has 0 bridgehead atoms. The van der Waals surface area contributed by atoms with Crippen molar-refractivity contribution >= 4 is 10.9 Å². The second kappa shape index (κ2) is 5.81. The summed E-state index contributed by atoms with van der Waals surface area (Å²) in [6.07, 6.45) is 1.91. The zero-order chi connectivity index (χ0) is 16.5. The molecule has 2 heterocycles. The monoisotopic (exact) mass is 312 g/mol. The molecule has 0 spiro atoms. The number of benzene rings is 2. The summed E-state index contributed by atoms with van der Waals surface area (Å²) in [5.41, 5.74) is 4.16. The summed E-state index contributed by atoms with van der Waals surface area (Å²) >= 11 is 0. The fraction of sp³-hybridized carbons (Fsp3) is 0.100. The minimum atomic E-state index is 0.704. The molecule has 0 aliphatic rings. The molecule has 0 aliphatic carbocycles. The van der Waals surface area contributed by atoms with Crippen LogP contribution in [0.3, 0.4) is 0 Å². The predicted molar refractivity (Wildman–Crippen MR) is 95.5 cm³/mol. The summed E-state index contributed by atoms with van der Waals surface area (Å²) in [4.78, 5) is 17.7. The Hall–Kier alpha value is -3.14. The molecule has 2 aromatic heterocycles. The van der Waals surface area contributed by atoms with Crippen LogP contribution in [0.1, 0.15) is 11.6 Å². The number of rotatable bonds is 2. The molecule has 0 aliphatic heterocycles. The molecule has 0 saturated heterocycles. The lowest BCUT2D eigenvalue weighted by molar-refractivity contribution is 0.928. The van der Waals surface area contributed by atoms with Crippen LogP contribution in [0.15, 0.2) is 60.8 Å². The lowest BCUT2D eigenvalue weighted by atomic mass is 10.0. The molecule has 24 heavy (non-hydrogen) atoms. The first-order valence-corrected chi connectivity index (χ1v) is 7.84. The predicted octanol–water partition coefficient (Wildman–Crippen LogP) is 4.37. The number of aryl methyl sites for hydroxylation is 2. The van der Waals surface area contributed by atoms with Gasteiger partial charge in [-0.3, -0.25) is 4.98 Å². The maximum absolute atomic E-state index is 4.55. The average molecular weight is 312 g/mol. The first kappa shape index (κ1) is 14.5. The Morgan fingerprint density at radius 2 is 1.42 bits per heavy atom. The highest BCUT2D eigenvalue weighted by Crippen LogP contribution is 2.26. The van der Waals surface area contributed by atoms with E-state index in [1.165, 1.54) is 0 Å². The fourth-order valence-corrected chi connectivity index (χ4v) is 2.81. The quantitative estimate of drug-likeness (QED) is 0.551. The van der Waals surface area contributed by atoms with E-state index in [1.807, 2.05) is 50.4 Å². The third-order valence-corrected chi connectivity index (χ3v) is 3.90. The lowest BCUT2D eigenvalue weighted by Crippen LogP contribution is -1.98. The van der Waals surface area contributed by atoms with E-state index in [2.05, 4.69) is 44.2 Å². The van der Waals surface area contributed by atoms with Gasteiger partial charge in [0.2, 0.25) is 0 Å². The number of nitrogens with zero attached hydrogens (tertiary/aromatic N) is 4. The van der Waals surface area contributed by atoms with Crippen molar-refractivity contribution in [3.05, 3.63) is 72.4 Å². The minimum Gasteiger partial charge on any atom is -0.256 e. The van der Waals surface area contributed by atoms with E-state index < -0.39 is 0 Å². The topological polar surface area (TPSA) is 51.6 Å². The van der Waals surface area contributed by atoms with Crippen molar-refractivity contribution in [2.24, 2.45) is 0 Å². The zero-order valence-corrected chi connectivity index (χ0v) is 13.6. The van der Waals surface area contributed by atoms with Crippen molar-refractivity contribution in [1.29, 1.82) is 0 Å². The third-order valence-electron chi connectivity index (χ3n) is 3.90. The van der Waals surface area contributed by atoms with E-state index in [4.69, 9.17) is 0 Å². The molecule has 0 fully saturated rings. The Morgan fingerprint density at radius 3 is 2.25 bits per heavy atom. The lowest BCUT2D eigenvalue weighted by Gasteiger charge is -2.07. The van der Waals surface area contributed by atoms with Crippen molar-refractivity contribution in [3.63, 3.8) is 0 Å². The van der Waals surface area contributed by atoms with Crippen LogP contribution in [0.5, 0.6) is 0 Å². The van der Waals surface area contributed by atoms with E-state index in [-0.39, 0.29) is 0 Å². The third kappa shape index (κ3) is 2.74. The van der Waals surface area contributed by atoms with Crippen molar-refractivity contribution in [3.8, 4) is 22.5 Å². The van der Waals surface area contributed by atoms with Crippen LogP contribution in [0.2, 0.25) is 0 Å². The van der Waals surface area contributed by atoms with E-state index in [1.54, 1.807) is 0 Å². The van der Waals surface area contributed by atoms with Gasteiger partial charge in [-0.15, -0.1) is 0 Å². The zero-order valence-electron chi connectivity index (χ0n) is 13.6. The maximum atomic E-state index is 4.55. The van der Waals surface area contributed by atoms with Crippen molar-refractivity contribution < 1.29 is 0 Å².